The molecule has 0 spiro atoms. The van der Waals surface area contributed by atoms with Gasteiger partial charge in [-0.15, -0.1) is 0 Å². The summed E-state index contributed by atoms with van der Waals surface area (Å²) < 4.78 is 27.1. The molecular formula is C14H13N3O2S. The van der Waals surface area contributed by atoms with E-state index in [0.717, 1.165) is 0 Å². The normalized spacial score (nSPS) is 10.4. The SMILES string of the molecule is NCC#Cc1ccccc1S(=O)(=O)Nc1ccccn1. The second-order valence-corrected chi connectivity index (χ2v) is 5.47. The molecule has 0 fully saturated rings. The maximum atomic E-state index is 12.3. The van der Waals surface area contributed by atoms with Crippen LogP contribution < -0.4 is 10.5 Å². The Kier molecular flexibility index (Phi) is 4.35. The number of nitrogens with one attached hydrogen (secondary N) is 1. The summed E-state index contributed by atoms with van der Waals surface area (Å²) in [6, 6.07) is 11.5. The summed E-state index contributed by atoms with van der Waals surface area (Å²) >= 11 is 0. The molecule has 0 aliphatic carbocycles. The highest BCUT2D eigenvalue weighted by atomic mass is 32.2. The van der Waals surface area contributed by atoms with Gasteiger partial charge in [-0.2, -0.15) is 0 Å². The molecule has 0 saturated heterocycles. The summed E-state index contributed by atoms with van der Waals surface area (Å²) in [7, 11) is -3.73. The van der Waals surface area contributed by atoms with Gasteiger partial charge in [0.25, 0.3) is 10.0 Å². The van der Waals surface area contributed by atoms with Gasteiger partial charge in [0, 0.05) is 11.8 Å². The second-order valence-electron chi connectivity index (χ2n) is 3.82. The summed E-state index contributed by atoms with van der Waals surface area (Å²) in [4.78, 5) is 4.04. The minimum absolute atomic E-state index is 0.103. The lowest BCUT2D eigenvalue weighted by Gasteiger charge is -2.08. The van der Waals surface area contributed by atoms with Crippen molar-refractivity contribution >= 4 is 15.8 Å². The Bertz CT molecular complexity index is 747. The summed E-state index contributed by atoms with van der Waals surface area (Å²) in [5.74, 6) is 5.66. The number of pyridine rings is 1. The average molecular weight is 287 g/mol. The molecule has 2 aromatic rings. The molecule has 1 heterocycles. The summed E-state index contributed by atoms with van der Waals surface area (Å²) in [5.41, 5.74) is 5.71. The van der Waals surface area contributed by atoms with Crippen LogP contribution in [-0.2, 0) is 10.0 Å². The van der Waals surface area contributed by atoms with E-state index in [2.05, 4.69) is 21.5 Å². The molecule has 2 rings (SSSR count). The highest BCUT2D eigenvalue weighted by molar-refractivity contribution is 7.92. The molecule has 0 amide bonds. The fourth-order valence-corrected chi connectivity index (χ4v) is 2.74. The molecule has 0 bridgehead atoms. The van der Waals surface area contributed by atoms with Gasteiger partial charge in [-0.05, 0) is 24.3 Å². The molecule has 0 aliphatic heterocycles. The predicted molar refractivity (Wildman–Crippen MR) is 77.4 cm³/mol. The quantitative estimate of drug-likeness (QED) is 0.830. The van der Waals surface area contributed by atoms with E-state index < -0.39 is 10.0 Å². The Labute approximate surface area is 117 Å². The van der Waals surface area contributed by atoms with Crippen LogP contribution in [0.3, 0.4) is 0 Å². The van der Waals surface area contributed by atoms with Crippen molar-refractivity contribution in [1.82, 2.24) is 4.98 Å². The van der Waals surface area contributed by atoms with Gasteiger partial charge < -0.3 is 5.73 Å². The fourth-order valence-electron chi connectivity index (χ4n) is 1.57. The lowest BCUT2D eigenvalue weighted by Crippen LogP contribution is -2.15. The van der Waals surface area contributed by atoms with Gasteiger partial charge in [-0.3, -0.25) is 4.72 Å². The minimum Gasteiger partial charge on any atom is -0.320 e. The number of hydrogen-bond acceptors (Lipinski definition) is 4. The first-order chi connectivity index (χ1) is 9.63. The van der Waals surface area contributed by atoms with Crippen molar-refractivity contribution in [3.05, 3.63) is 54.2 Å². The van der Waals surface area contributed by atoms with Crippen LogP contribution in [0.5, 0.6) is 0 Å². The third-order valence-electron chi connectivity index (χ3n) is 2.41. The van der Waals surface area contributed by atoms with Crippen LogP contribution in [0.25, 0.3) is 0 Å². The van der Waals surface area contributed by atoms with Crippen LogP contribution in [-0.4, -0.2) is 19.9 Å². The summed E-state index contributed by atoms with van der Waals surface area (Å²) in [6.45, 7) is 0.169. The third kappa shape index (κ3) is 3.35. The van der Waals surface area contributed by atoms with Gasteiger partial charge in [0.05, 0.1) is 6.54 Å². The van der Waals surface area contributed by atoms with Crippen LogP contribution in [0.2, 0.25) is 0 Å². The van der Waals surface area contributed by atoms with Crippen molar-refractivity contribution in [2.75, 3.05) is 11.3 Å². The Morgan fingerprint density at radius 3 is 2.60 bits per heavy atom. The maximum absolute atomic E-state index is 12.3. The fraction of sp³-hybridized carbons (Fsp3) is 0.0714. The number of rotatable bonds is 3. The maximum Gasteiger partial charge on any atom is 0.264 e. The molecule has 0 unspecified atom stereocenters. The Morgan fingerprint density at radius 1 is 1.15 bits per heavy atom. The number of aromatic nitrogens is 1. The molecule has 1 aromatic carbocycles. The second kappa shape index (κ2) is 6.19. The van der Waals surface area contributed by atoms with Crippen molar-refractivity contribution in [3.8, 4) is 11.8 Å². The minimum atomic E-state index is -3.73. The molecule has 0 aliphatic rings. The lowest BCUT2D eigenvalue weighted by molar-refractivity contribution is 0.601. The molecular weight excluding hydrogens is 274 g/mol. The van der Waals surface area contributed by atoms with E-state index in [0.29, 0.717) is 5.56 Å². The predicted octanol–water partition coefficient (Wildman–Crippen LogP) is 1.19. The van der Waals surface area contributed by atoms with Crippen molar-refractivity contribution < 1.29 is 8.42 Å². The molecule has 0 atom stereocenters. The molecule has 20 heavy (non-hydrogen) atoms. The zero-order valence-corrected chi connectivity index (χ0v) is 11.4. The van der Waals surface area contributed by atoms with Crippen LogP contribution in [0.1, 0.15) is 5.56 Å². The number of anilines is 1. The zero-order valence-electron chi connectivity index (χ0n) is 10.6. The summed E-state index contributed by atoms with van der Waals surface area (Å²) in [5, 5.41) is 0. The summed E-state index contributed by atoms with van der Waals surface area (Å²) in [6.07, 6.45) is 1.51. The van der Waals surface area contributed by atoms with E-state index in [4.69, 9.17) is 5.73 Å². The Morgan fingerprint density at radius 2 is 1.90 bits per heavy atom. The largest absolute Gasteiger partial charge is 0.320 e. The van der Waals surface area contributed by atoms with E-state index in [1.807, 2.05) is 0 Å². The van der Waals surface area contributed by atoms with Crippen LogP contribution in [0, 0.1) is 11.8 Å². The molecule has 3 N–H and O–H groups in total. The van der Waals surface area contributed by atoms with E-state index in [9.17, 15) is 8.42 Å². The Balaban J connectivity index is 2.40. The van der Waals surface area contributed by atoms with Gasteiger partial charge in [0.15, 0.2) is 0 Å². The molecule has 0 radical (unpaired) electrons. The molecule has 5 nitrogen and oxygen atoms in total. The van der Waals surface area contributed by atoms with E-state index in [1.165, 1.54) is 12.3 Å². The molecule has 6 heteroatoms. The van der Waals surface area contributed by atoms with Crippen LogP contribution >= 0.6 is 0 Å². The zero-order chi connectivity index (χ0) is 14.4. The molecule has 102 valence electrons. The van der Waals surface area contributed by atoms with Crippen LogP contribution in [0.4, 0.5) is 5.82 Å². The van der Waals surface area contributed by atoms with E-state index >= 15 is 0 Å². The van der Waals surface area contributed by atoms with Gasteiger partial charge in [-0.25, -0.2) is 13.4 Å². The first-order valence-corrected chi connectivity index (χ1v) is 7.33. The van der Waals surface area contributed by atoms with Crippen molar-refractivity contribution in [2.24, 2.45) is 5.73 Å². The van der Waals surface area contributed by atoms with Crippen molar-refractivity contribution in [1.29, 1.82) is 0 Å². The number of benzene rings is 1. The van der Waals surface area contributed by atoms with Gasteiger partial charge in [0.1, 0.15) is 10.7 Å². The number of hydrogen-bond donors (Lipinski definition) is 2. The monoisotopic (exact) mass is 287 g/mol. The Hall–Kier alpha value is -2.36. The number of nitrogens with zero attached hydrogens (tertiary/aromatic N) is 1. The molecule has 0 saturated carbocycles. The lowest BCUT2D eigenvalue weighted by atomic mass is 10.2. The highest BCUT2D eigenvalue weighted by Gasteiger charge is 2.17. The van der Waals surface area contributed by atoms with Gasteiger partial charge >= 0.3 is 0 Å². The van der Waals surface area contributed by atoms with E-state index in [-0.39, 0.29) is 17.3 Å². The molecule has 1 aromatic heterocycles. The van der Waals surface area contributed by atoms with Gasteiger partial charge in [-0.1, -0.05) is 30.0 Å². The topological polar surface area (TPSA) is 85.1 Å². The third-order valence-corrected chi connectivity index (χ3v) is 3.82. The number of sulfonamides is 1. The van der Waals surface area contributed by atoms with Crippen molar-refractivity contribution in [3.63, 3.8) is 0 Å². The average Bonchev–Trinajstić information content (AvgIpc) is 2.46. The standard InChI is InChI=1S/C14H13N3O2S/c15-10-5-7-12-6-1-2-8-13(12)20(18,19)17-14-9-3-4-11-16-14/h1-4,6,8-9,11H,10,15H2,(H,16,17). The smallest absolute Gasteiger partial charge is 0.264 e. The highest BCUT2D eigenvalue weighted by Crippen LogP contribution is 2.17. The first-order valence-electron chi connectivity index (χ1n) is 5.85. The van der Waals surface area contributed by atoms with E-state index in [1.54, 1.807) is 36.4 Å². The van der Waals surface area contributed by atoms with Crippen LogP contribution in [0.15, 0.2) is 53.6 Å². The van der Waals surface area contributed by atoms with Crippen molar-refractivity contribution in [2.45, 2.75) is 4.90 Å². The van der Waals surface area contributed by atoms with Gasteiger partial charge in [0.2, 0.25) is 0 Å². The first kappa shape index (κ1) is 14.1. The number of nitrogens with two attached hydrogens (primary N) is 1.